The minimum atomic E-state index is 0.0945. The minimum Gasteiger partial charge on any atom is -0.328 e. The number of para-hydroxylation sites is 1. The Labute approximate surface area is 121 Å². The van der Waals surface area contributed by atoms with Crippen molar-refractivity contribution in [3.05, 3.63) is 29.8 Å². The summed E-state index contributed by atoms with van der Waals surface area (Å²) < 4.78 is 0. The Morgan fingerprint density at radius 1 is 1.40 bits per heavy atom. The molecular weight excluding hydrogens is 250 g/mol. The van der Waals surface area contributed by atoms with Gasteiger partial charge in [0.15, 0.2) is 0 Å². The van der Waals surface area contributed by atoms with Crippen LogP contribution in [0.1, 0.15) is 38.3 Å². The number of anilines is 1. The number of fused-ring (bicyclic) bond motifs is 1. The SMILES string of the molecule is CCNC1CCCN(C(=O)N(C)CC)c2ccccc21. The maximum absolute atomic E-state index is 12.5. The third-order valence-electron chi connectivity index (χ3n) is 3.96. The third kappa shape index (κ3) is 2.96. The fourth-order valence-corrected chi connectivity index (χ4v) is 2.76. The molecule has 1 atom stereocenters. The van der Waals surface area contributed by atoms with Crippen molar-refractivity contribution in [2.75, 3.05) is 31.6 Å². The molecule has 0 fully saturated rings. The second kappa shape index (κ2) is 6.75. The van der Waals surface area contributed by atoms with Crippen LogP contribution in [-0.2, 0) is 0 Å². The summed E-state index contributed by atoms with van der Waals surface area (Å²) in [5, 5.41) is 3.53. The van der Waals surface area contributed by atoms with E-state index in [-0.39, 0.29) is 6.03 Å². The molecular formula is C16H25N3O. The van der Waals surface area contributed by atoms with Crippen LogP contribution in [0.5, 0.6) is 0 Å². The summed E-state index contributed by atoms with van der Waals surface area (Å²) >= 11 is 0. The Kier molecular flexibility index (Phi) is 5.01. The highest BCUT2D eigenvalue weighted by Crippen LogP contribution is 2.33. The van der Waals surface area contributed by atoms with Gasteiger partial charge in [0.2, 0.25) is 0 Å². The summed E-state index contributed by atoms with van der Waals surface area (Å²) in [6.07, 6.45) is 2.10. The monoisotopic (exact) mass is 275 g/mol. The summed E-state index contributed by atoms with van der Waals surface area (Å²) in [6.45, 7) is 6.60. The number of carbonyl (C=O) groups is 1. The maximum atomic E-state index is 12.5. The second-order valence-corrected chi connectivity index (χ2v) is 5.26. The normalized spacial score (nSPS) is 18.4. The molecule has 0 aromatic heterocycles. The Balaban J connectivity index is 2.35. The average molecular weight is 275 g/mol. The van der Waals surface area contributed by atoms with Gasteiger partial charge in [-0.15, -0.1) is 0 Å². The van der Waals surface area contributed by atoms with Crippen molar-refractivity contribution in [3.8, 4) is 0 Å². The number of hydrogen-bond donors (Lipinski definition) is 1. The smallest absolute Gasteiger partial charge is 0.324 e. The zero-order valence-corrected chi connectivity index (χ0v) is 12.7. The first kappa shape index (κ1) is 14.9. The predicted molar refractivity (Wildman–Crippen MR) is 83.1 cm³/mol. The number of hydrogen-bond acceptors (Lipinski definition) is 2. The van der Waals surface area contributed by atoms with Crippen molar-refractivity contribution in [3.63, 3.8) is 0 Å². The van der Waals surface area contributed by atoms with E-state index in [4.69, 9.17) is 0 Å². The first-order chi connectivity index (χ1) is 9.69. The van der Waals surface area contributed by atoms with Crippen LogP contribution in [0.3, 0.4) is 0 Å². The molecule has 2 rings (SSSR count). The Morgan fingerprint density at radius 3 is 2.85 bits per heavy atom. The lowest BCUT2D eigenvalue weighted by Crippen LogP contribution is -2.41. The molecule has 0 bridgehead atoms. The summed E-state index contributed by atoms with van der Waals surface area (Å²) in [6, 6.07) is 8.71. The van der Waals surface area contributed by atoms with Crippen LogP contribution in [0.2, 0.25) is 0 Å². The maximum Gasteiger partial charge on any atom is 0.324 e. The molecule has 1 aromatic carbocycles. The van der Waals surface area contributed by atoms with Gasteiger partial charge < -0.3 is 10.2 Å². The molecule has 1 aliphatic heterocycles. The summed E-state index contributed by atoms with van der Waals surface area (Å²) in [5.74, 6) is 0. The molecule has 20 heavy (non-hydrogen) atoms. The lowest BCUT2D eigenvalue weighted by Gasteiger charge is -2.28. The van der Waals surface area contributed by atoms with E-state index in [1.165, 1.54) is 5.56 Å². The van der Waals surface area contributed by atoms with Crippen LogP contribution in [-0.4, -0.2) is 37.6 Å². The van der Waals surface area contributed by atoms with Crippen molar-refractivity contribution in [1.82, 2.24) is 10.2 Å². The largest absolute Gasteiger partial charge is 0.328 e. The molecule has 0 spiro atoms. The van der Waals surface area contributed by atoms with Crippen LogP contribution >= 0.6 is 0 Å². The molecule has 0 aliphatic carbocycles. The fraction of sp³-hybridized carbons (Fsp3) is 0.562. The number of benzene rings is 1. The molecule has 1 N–H and O–H groups in total. The topological polar surface area (TPSA) is 35.6 Å². The van der Waals surface area contributed by atoms with E-state index in [9.17, 15) is 4.79 Å². The Bertz CT molecular complexity index is 461. The van der Waals surface area contributed by atoms with Crippen molar-refractivity contribution in [2.24, 2.45) is 0 Å². The van der Waals surface area contributed by atoms with Gasteiger partial charge >= 0.3 is 6.03 Å². The van der Waals surface area contributed by atoms with E-state index in [1.54, 1.807) is 4.90 Å². The molecule has 2 amide bonds. The van der Waals surface area contributed by atoms with Gasteiger partial charge in [-0.05, 0) is 37.9 Å². The van der Waals surface area contributed by atoms with Gasteiger partial charge in [0.1, 0.15) is 0 Å². The van der Waals surface area contributed by atoms with Gasteiger partial charge in [0.25, 0.3) is 0 Å². The van der Waals surface area contributed by atoms with E-state index >= 15 is 0 Å². The highest BCUT2D eigenvalue weighted by molar-refractivity contribution is 5.93. The van der Waals surface area contributed by atoms with Crippen molar-refractivity contribution >= 4 is 11.7 Å². The molecule has 1 aromatic rings. The average Bonchev–Trinajstić information content (AvgIpc) is 2.66. The molecule has 0 saturated heterocycles. The third-order valence-corrected chi connectivity index (χ3v) is 3.96. The van der Waals surface area contributed by atoms with Gasteiger partial charge in [0, 0.05) is 26.2 Å². The van der Waals surface area contributed by atoms with Crippen LogP contribution in [0, 0.1) is 0 Å². The van der Waals surface area contributed by atoms with Gasteiger partial charge in [-0.1, -0.05) is 25.1 Å². The Morgan fingerprint density at radius 2 is 2.15 bits per heavy atom. The zero-order chi connectivity index (χ0) is 14.5. The predicted octanol–water partition coefficient (Wildman–Crippen LogP) is 3.01. The quantitative estimate of drug-likeness (QED) is 0.920. The lowest BCUT2D eigenvalue weighted by molar-refractivity contribution is 0.217. The first-order valence-electron chi connectivity index (χ1n) is 7.54. The molecule has 1 heterocycles. The van der Waals surface area contributed by atoms with Crippen molar-refractivity contribution in [2.45, 2.75) is 32.7 Å². The highest BCUT2D eigenvalue weighted by atomic mass is 16.2. The van der Waals surface area contributed by atoms with E-state index in [0.29, 0.717) is 6.04 Å². The summed E-state index contributed by atoms with van der Waals surface area (Å²) in [7, 11) is 1.86. The molecule has 1 unspecified atom stereocenters. The molecule has 0 saturated carbocycles. The number of amides is 2. The second-order valence-electron chi connectivity index (χ2n) is 5.26. The number of urea groups is 1. The molecule has 4 heteroatoms. The summed E-state index contributed by atoms with van der Waals surface area (Å²) in [5.41, 5.74) is 2.30. The summed E-state index contributed by atoms with van der Waals surface area (Å²) in [4.78, 5) is 16.2. The number of nitrogens with one attached hydrogen (secondary N) is 1. The van der Waals surface area contributed by atoms with E-state index < -0.39 is 0 Å². The van der Waals surface area contributed by atoms with Crippen LogP contribution in [0.25, 0.3) is 0 Å². The lowest BCUT2D eigenvalue weighted by atomic mass is 10.0. The highest BCUT2D eigenvalue weighted by Gasteiger charge is 2.26. The first-order valence-corrected chi connectivity index (χ1v) is 7.54. The molecule has 4 nitrogen and oxygen atoms in total. The standard InChI is InChI=1S/C16H25N3O/c1-4-17-14-10-8-12-19(16(20)18(3)5-2)15-11-7-6-9-13(14)15/h6-7,9,11,14,17H,4-5,8,10,12H2,1-3H3. The fourth-order valence-electron chi connectivity index (χ4n) is 2.76. The molecule has 0 radical (unpaired) electrons. The van der Waals surface area contributed by atoms with Gasteiger partial charge in [0.05, 0.1) is 5.69 Å². The van der Waals surface area contributed by atoms with Crippen LogP contribution < -0.4 is 10.2 Å². The van der Waals surface area contributed by atoms with Crippen LogP contribution in [0.15, 0.2) is 24.3 Å². The minimum absolute atomic E-state index is 0.0945. The zero-order valence-electron chi connectivity index (χ0n) is 12.7. The Hall–Kier alpha value is -1.55. The number of rotatable bonds is 3. The molecule has 110 valence electrons. The number of carbonyl (C=O) groups excluding carboxylic acids is 1. The van der Waals surface area contributed by atoms with Crippen molar-refractivity contribution < 1.29 is 4.79 Å². The van der Waals surface area contributed by atoms with Crippen molar-refractivity contribution in [1.29, 1.82) is 0 Å². The molecule has 1 aliphatic rings. The van der Waals surface area contributed by atoms with E-state index in [0.717, 1.165) is 38.2 Å². The number of nitrogens with zero attached hydrogens (tertiary/aromatic N) is 2. The van der Waals surface area contributed by atoms with Crippen LogP contribution in [0.4, 0.5) is 10.5 Å². The van der Waals surface area contributed by atoms with E-state index in [1.807, 2.05) is 24.9 Å². The van der Waals surface area contributed by atoms with E-state index in [2.05, 4.69) is 30.4 Å². The van der Waals surface area contributed by atoms with Gasteiger partial charge in [-0.25, -0.2) is 4.79 Å². The van der Waals surface area contributed by atoms with Gasteiger partial charge in [-0.3, -0.25) is 4.90 Å². The van der Waals surface area contributed by atoms with Gasteiger partial charge in [-0.2, -0.15) is 0 Å².